The molecule has 0 aromatic heterocycles. The first-order chi connectivity index (χ1) is 13.1. The highest BCUT2D eigenvalue weighted by molar-refractivity contribution is 7.46. The van der Waals surface area contributed by atoms with Crippen LogP contribution >= 0.6 is 7.82 Å². The second-order valence-corrected chi connectivity index (χ2v) is 8.85. The summed E-state index contributed by atoms with van der Waals surface area (Å²) in [6, 6.07) is 0. The van der Waals surface area contributed by atoms with Gasteiger partial charge in [-0.15, -0.1) is 0 Å². The Bertz CT molecular complexity index is 420. The quantitative estimate of drug-likeness (QED) is 0.159. The number of hydrogen-bond donors (Lipinski definition) is 1. The van der Waals surface area contributed by atoms with Crippen LogP contribution < -0.4 is 11.0 Å². The van der Waals surface area contributed by atoms with E-state index in [-0.39, 0.29) is 19.4 Å². The minimum atomic E-state index is -4.03. The maximum absolute atomic E-state index is 11.0. The molecular formula is C21H44NO5P. The molecule has 1 saturated heterocycles. The van der Waals surface area contributed by atoms with E-state index in [1.165, 1.54) is 77.0 Å². The summed E-state index contributed by atoms with van der Waals surface area (Å²) in [4.78, 5) is 11.0. The van der Waals surface area contributed by atoms with Crippen molar-refractivity contribution >= 4 is 7.82 Å². The third-order valence-corrected chi connectivity index (χ3v) is 5.82. The molecule has 1 heterocycles. The first-order valence-corrected chi connectivity index (χ1v) is 12.5. The van der Waals surface area contributed by atoms with E-state index >= 15 is 0 Å². The van der Waals surface area contributed by atoms with E-state index in [1.54, 1.807) is 0 Å². The van der Waals surface area contributed by atoms with Gasteiger partial charge in [0.2, 0.25) is 0 Å². The molecule has 4 N–H and O–H groups in total. The van der Waals surface area contributed by atoms with Crippen molar-refractivity contribution in [1.29, 1.82) is 0 Å². The summed E-state index contributed by atoms with van der Waals surface area (Å²) >= 11 is 0. The Morgan fingerprint density at radius 3 is 2.00 bits per heavy atom. The Morgan fingerprint density at radius 1 is 0.929 bits per heavy atom. The Kier molecular flexibility index (Phi) is 18.6. The Labute approximate surface area is 172 Å². The third kappa shape index (κ3) is 16.7. The molecule has 0 saturated carbocycles. The van der Waals surface area contributed by atoms with Gasteiger partial charge >= 0.3 is 0 Å². The number of phosphoric ester groups is 1. The van der Waals surface area contributed by atoms with Gasteiger partial charge in [0.15, 0.2) is 0 Å². The molecule has 0 aromatic rings. The SMILES string of the molecule is CCCCCCCCC=CCCCCCCCCOC[C@@H]1COP(=O)([O-])O1.[NH4+]. The molecule has 1 aliphatic rings. The molecule has 1 rings (SSSR count). The molecule has 1 unspecified atom stereocenters. The van der Waals surface area contributed by atoms with Crippen LogP contribution in [0, 0.1) is 0 Å². The Balaban J connectivity index is 0.00000729. The van der Waals surface area contributed by atoms with E-state index < -0.39 is 13.9 Å². The van der Waals surface area contributed by atoms with Crippen LogP contribution in [0.3, 0.4) is 0 Å². The van der Waals surface area contributed by atoms with Gasteiger partial charge in [0.05, 0.1) is 13.2 Å². The van der Waals surface area contributed by atoms with Crippen LogP contribution in [-0.4, -0.2) is 25.9 Å². The zero-order valence-electron chi connectivity index (χ0n) is 18.2. The van der Waals surface area contributed by atoms with Crippen LogP contribution in [0.5, 0.6) is 0 Å². The largest absolute Gasteiger partial charge is 0.756 e. The van der Waals surface area contributed by atoms with E-state index in [0.29, 0.717) is 6.61 Å². The summed E-state index contributed by atoms with van der Waals surface area (Å²) in [5.41, 5.74) is 0. The number of quaternary nitrogens is 1. The molecule has 7 heteroatoms. The van der Waals surface area contributed by atoms with E-state index in [1.807, 2.05) is 0 Å². The molecule has 0 spiro atoms. The first kappa shape index (κ1) is 27.8. The molecule has 2 atom stereocenters. The van der Waals surface area contributed by atoms with Crippen LogP contribution in [0.4, 0.5) is 0 Å². The molecule has 1 aliphatic heterocycles. The average Bonchev–Trinajstić information content (AvgIpc) is 2.99. The van der Waals surface area contributed by atoms with Crippen molar-refractivity contribution in [3.63, 3.8) is 0 Å². The fourth-order valence-electron chi connectivity index (χ4n) is 3.16. The highest BCUT2D eigenvalue weighted by Gasteiger charge is 2.27. The number of ether oxygens (including phenoxy) is 1. The van der Waals surface area contributed by atoms with Gasteiger partial charge in [-0.25, -0.2) is 0 Å². The monoisotopic (exact) mass is 421 g/mol. The average molecular weight is 422 g/mol. The fraction of sp³-hybridized carbons (Fsp3) is 0.905. The van der Waals surface area contributed by atoms with Gasteiger partial charge in [0.1, 0.15) is 6.10 Å². The second kappa shape index (κ2) is 18.8. The lowest BCUT2D eigenvalue weighted by Gasteiger charge is -2.14. The number of unbranched alkanes of at least 4 members (excludes halogenated alkanes) is 12. The summed E-state index contributed by atoms with van der Waals surface area (Å²) in [5, 5.41) is 0. The highest BCUT2D eigenvalue weighted by atomic mass is 31.2. The van der Waals surface area contributed by atoms with Crippen molar-refractivity contribution in [1.82, 2.24) is 6.15 Å². The Morgan fingerprint density at radius 2 is 1.46 bits per heavy atom. The van der Waals surface area contributed by atoms with Crippen molar-refractivity contribution in [2.24, 2.45) is 0 Å². The molecule has 0 amide bonds. The zero-order valence-corrected chi connectivity index (χ0v) is 19.1. The van der Waals surface area contributed by atoms with Crippen LogP contribution in [0.25, 0.3) is 0 Å². The molecule has 0 bridgehead atoms. The molecule has 0 radical (unpaired) electrons. The molecule has 1 fully saturated rings. The predicted molar refractivity (Wildman–Crippen MR) is 115 cm³/mol. The van der Waals surface area contributed by atoms with Gasteiger partial charge in [-0.2, -0.15) is 0 Å². The van der Waals surface area contributed by atoms with Crippen molar-refractivity contribution in [3.8, 4) is 0 Å². The summed E-state index contributed by atoms with van der Waals surface area (Å²) in [7, 11) is -4.03. The summed E-state index contributed by atoms with van der Waals surface area (Å²) in [6.45, 7) is 3.29. The summed E-state index contributed by atoms with van der Waals surface area (Å²) in [6.07, 6.45) is 22.2. The number of phosphoric acid groups is 1. The molecule has 168 valence electrons. The number of hydrogen-bond acceptors (Lipinski definition) is 5. The van der Waals surface area contributed by atoms with Crippen molar-refractivity contribution in [2.45, 2.75) is 103 Å². The highest BCUT2D eigenvalue weighted by Crippen LogP contribution is 2.45. The van der Waals surface area contributed by atoms with Gasteiger partial charge in [0.25, 0.3) is 7.82 Å². The normalized spacial score (nSPS) is 22.0. The topological polar surface area (TPSA) is 104 Å². The number of rotatable bonds is 18. The molecule has 28 heavy (non-hydrogen) atoms. The molecule has 0 aliphatic carbocycles. The second-order valence-electron chi connectivity index (χ2n) is 7.48. The minimum Gasteiger partial charge on any atom is -0.756 e. The summed E-state index contributed by atoms with van der Waals surface area (Å²) in [5.74, 6) is 0. The van der Waals surface area contributed by atoms with Gasteiger partial charge in [0, 0.05) is 6.61 Å². The molecular weight excluding hydrogens is 377 g/mol. The Hall–Kier alpha value is -0.230. The lowest BCUT2D eigenvalue weighted by Crippen LogP contribution is -2.18. The van der Waals surface area contributed by atoms with E-state index in [0.717, 1.165) is 12.8 Å². The standard InChI is InChI=1S/C21H41O5P.H3N/c1-2-3-4-5-6-7-8-9-10-11-12-13-14-15-16-17-18-24-19-21-20-25-27(22,23)26-21;/h9-10,21H,2-8,11-20H2,1H3,(H,22,23);1H3/t21-;/m1./s1. The predicted octanol–water partition coefficient (Wildman–Crippen LogP) is 6.30. The number of allylic oxidation sites excluding steroid dienone is 2. The zero-order chi connectivity index (χ0) is 19.6. The van der Waals surface area contributed by atoms with Crippen molar-refractivity contribution < 1.29 is 23.2 Å². The maximum Gasteiger partial charge on any atom is 0.268 e. The maximum atomic E-state index is 11.0. The van der Waals surface area contributed by atoms with Crippen LogP contribution in [0.15, 0.2) is 12.2 Å². The lowest BCUT2D eigenvalue weighted by atomic mass is 10.1. The fourth-order valence-corrected chi connectivity index (χ4v) is 4.06. The van der Waals surface area contributed by atoms with Gasteiger partial charge in [-0.05, 0) is 32.1 Å². The van der Waals surface area contributed by atoms with E-state index in [9.17, 15) is 9.46 Å². The van der Waals surface area contributed by atoms with Crippen molar-refractivity contribution in [2.75, 3.05) is 19.8 Å². The summed E-state index contributed by atoms with van der Waals surface area (Å²) < 4.78 is 25.7. The van der Waals surface area contributed by atoms with Gasteiger partial charge in [-0.1, -0.05) is 76.9 Å². The van der Waals surface area contributed by atoms with Crippen LogP contribution in [0.2, 0.25) is 0 Å². The van der Waals surface area contributed by atoms with E-state index in [4.69, 9.17) is 9.26 Å². The van der Waals surface area contributed by atoms with Crippen LogP contribution in [-0.2, 0) is 18.3 Å². The lowest BCUT2D eigenvalue weighted by molar-refractivity contribution is -0.215. The smallest absolute Gasteiger partial charge is 0.268 e. The molecule has 6 nitrogen and oxygen atoms in total. The van der Waals surface area contributed by atoms with Crippen LogP contribution in [0.1, 0.15) is 96.8 Å². The minimum absolute atomic E-state index is 0. The first-order valence-electron chi connectivity index (χ1n) is 11.0. The van der Waals surface area contributed by atoms with Gasteiger partial charge < -0.3 is 24.8 Å². The van der Waals surface area contributed by atoms with Crippen molar-refractivity contribution in [3.05, 3.63) is 12.2 Å². The third-order valence-electron chi connectivity index (χ3n) is 4.80. The van der Waals surface area contributed by atoms with Gasteiger partial charge in [-0.3, -0.25) is 4.57 Å². The molecule has 0 aromatic carbocycles. The van der Waals surface area contributed by atoms with E-state index in [2.05, 4.69) is 23.6 Å².